The van der Waals surface area contributed by atoms with Crippen LogP contribution in [0.2, 0.25) is 0 Å². The van der Waals surface area contributed by atoms with Crippen LogP contribution in [0.5, 0.6) is 0 Å². The van der Waals surface area contributed by atoms with Gasteiger partial charge in [-0.1, -0.05) is 142 Å². The van der Waals surface area contributed by atoms with Crippen molar-refractivity contribution in [3.8, 4) is 51.0 Å². The Balaban J connectivity index is 1.13. The molecule has 0 aliphatic carbocycles. The van der Waals surface area contributed by atoms with Crippen LogP contribution in [-0.2, 0) is 5.41 Å². The molecule has 0 radical (unpaired) electrons. The summed E-state index contributed by atoms with van der Waals surface area (Å²) in [7, 11) is 0. The monoisotopic (exact) mass is 696 g/mol. The molecule has 0 aliphatic heterocycles. The van der Waals surface area contributed by atoms with Gasteiger partial charge in [0.1, 0.15) is 11.2 Å². The van der Waals surface area contributed by atoms with Crippen LogP contribution in [0.1, 0.15) is 26.3 Å². The molecule has 0 unspecified atom stereocenters. The van der Waals surface area contributed by atoms with Crippen molar-refractivity contribution in [3.63, 3.8) is 0 Å². The van der Waals surface area contributed by atoms with E-state index in [9.17, 15) is 0 Å². The fourth-order valence-corrected chi connectivity index (χ4v) is 7.59. The summed E-state index contributed by atoms with van der Waals surface area (Å²) in [5.74, 6) is 1.92. The summed E-state index contributed by atoms with van der Waals surface area (Å²) in [5, 5.41) is 4.64. The zero-order chi connectivity index (χ0) is 36.4. The molecule has 0 amide bonds. The molecule has 258 valence electrons. The summed E-state index contributed by atoms with van der Waals surface area (Å²) < 4.78 is 8.50. The predicted octanol–water partition coefficient (Wildman–Crippen LogP) is 12.8. The van der Waals surface area contributed by atoms with Crippen LogP contribution in [0.4, 0.5) is 0 Å². The quantitative estimate of drug-likeness (QED) is 0.180. The maximum Gasteiger partial charge on any atom is 0.164 e. The molecule has 10 aromatic rings. The average molecular weight is 697 g/mol. The van der Waals surface area contributed by atoms with E-state index in [1.54, 1.807) is 0 Å². The molecule has 0 bridgehead atoms. The third kappa shape index (κ3) is 5.44. The lowest BCUT2D eigenvalue weighted by Gasteiger charge is -2.19. The van der Waals surface area contributed by atoms with E-state index in [2.05, 4.69) is 147 Å². The molecule has 0 atom stereocenters. The summed E-state index contributed by atoms with van der Waals surface area (Å²) in [6, 6.07) is 57.4. The highest BCUT2D eigenvalue weighted by atomic mass is 16.3. The molecule has 0 saturated heterocycles. The van der Waals surface area contributed by atoms with Gasteiger partial charge in [-0.15, -0.1) is 0 Å². The van der Waals surface area contributed by atoms with Gasteiger partial charge in [-0.3, -0.25) is 0 Å². The Hall–Kier alpha value is -6.85. The van der Waals surface area contributed by atoms with Gasteiger partial charge in [0.2, 0.25) is 0 Å². The van der Waals surface area contributed by atoms with Crippen LogP contribution in [0.3, 0.4) is 0 Å². The second kappa shape index (κ2) is 12.4. The topological polar surface area (TPSA) is 56.7 Å². The van der Waals surface area contributed by atoms with Crippen LogP contribution in [-0.4, -0.2) is 19.5 Å². The maximum atomic E-state index is 6.14. The van der Waals surface area contributed by atoms with Gasteiger partial charge in [-0.05, 0) is 64.6 Å². The number of para-hydroxylation sites is 2. The summed E-state index contributed by atoms with van der Waals surface area (Å²) >= 11 is 0. The first-order valence-electron chi connectivity index (χ1n) is 18.4. The first kappa shape index (κ1) is 31.9. The lowest BCUT2D eigenvalue weighted by Crippen LogP contribution is -2.10. The lowest BCUT2D eigenvalue weighted by molar-refractivity contribution is 0.590. The minimum absolute atomic E-state index is 0.0499. The molecular formula is C49H36N4O. The molecule has 5 heteroatoms. The number of hydrogen-bond acceptors (Lipinski definition) is 4. The third-order valence-corrected chi connectivity index (χ3v) is 10.4. The number of furan rings is 1. The average Bonchev–Trinajstić information content (AvgIpc) is 3.76. The van der Waals surface area contributed by atoms with Gasteiger partial charge in [0, 0.05) is 43.9 Å². The number of benzene rings is 7. The first-order chi connectivity index (χ1) is 26.4. The van der Waals surface area contributed by atoms with Crippen molar-refractivity contribution < 1.29 is 4.42 Å². The Morgan fingerprint density at radius 2 is 0.981 bits per heavy atom. The Labute approximate surface area is 313 Å². The van der Waals surface area contributed by atoms with E-state index < -0.39 is 0 Å². The molecule has 0 fully saturated rings. The molecule has 5 nitrogen and oxygen atoms in total. The fraction of sp³-hybridized carbons (Fsp3) is 0.0816. The van der Waals surface area contributed by atoms with Gasteiger partial charge in [0.05, 0.1) is 11.0 Å². The van der Waals surface area contributed by atoms with Crippen LogP contribution in [0.15, 0.2) is 168 Å². The molecule has 0 spiro atoms. The molecule has 7 aromatic carbocycles. The van der Waals surface area contributed by atoms with Crippen LogP contribution in [0, 0.1) is 0 Å². The Morgan fingerprint density at radius 3 is 1.76 bits per heavy atom. The maximum absolute atomic E-state index is 6.14. The predicted molar refractivity (Wildman–Crippen MR) is 222 cm³/mol. The molecule has 3 aromatic heterocycles. The standard InChI is InChI=1S/C49H36N4O/c1-49(2,3)36-24-20-32(21-25-36)47-50-46(31-12-5-4-6-13-31)51-48(52-47)35-14-11-15-37(28-35)53-42-18-9-7-16-38(42)39-26-22-34(30-43(39)53)33-23-27-45-41(29-33)40-17-8-10-19-44(40)54-45/h4-30H,1-3H3. The van der Waals surface area contributed by atoms with Gasteiger partial charge >= 0.3 is 0 Å². The van der Waals surface area contributed by atoms with E-state index in [0.717, 1.165) is 66.5 Å². The summed E-state index contributed by atoms with van der Waals surface area (Å²) in [6.07, 6.45) is 0. The van der Waals surface area contributed by atoms with Crippen molar-refractivity contribution in [2.75, 3.05) is 0 Å². The highest BCUT2D eigenvalue weighted by Crippen LogP contribution is 2.38. The van der Waals surface area contributed by atoms with E-state index in [1.807, 2.05) is 42.5 Å². The van der Waals surface area contributed by atoms with Crippen molar-refractivity contribution in [1.82, 2.24) is 19.5 Å². The minimum Gasteiger partial charge on any atom is -0.456 e. The van der Waals surface area contributed by atoms with E-state index in [0.29, 0.717) is 17.5 Å². The van der Waals surface area contributed by atoms with E-state index in [-0.39, 0.29) is 5.41 Å². The molecule has 0 N–H and O–H groups in total. The lowest BCUT2D eigenvalue weighted by atomic mass is 9.87. The van der Waals surface area contributed by atoms with Crippen molar-refractivity contribution in [2.24, 2.45) is 0 Å². The van der Waals surface area contributed by atoms with E-state index >= 15 is 0 Å². The van der Waals surface area contributed by atoms with Crippen molar-refractivity contribution in [2.45, 2.75) is 26.2 Å². The SMILES string of the molecule is CC(C)(C)c1ccc(-c2nc(-c3ccccc3)nc(-c3cccc(-n4c5ccccc5c5ccc(-c6ccc7oc8ccccc8c7c6)cc54)c3)n2)cc1. The highest BCUT2D eigenvalue weighted by molar-refractivity contribution is 6.11. The van der Waals surface area contributed by atoms with E-state index in [4.69, 9.17) is 19.4 Å². The van der Waals surface area contributed by atoms with Crippen molar-refractivity contribution in [1.29, 1.82) is 0 Å². The molecule has 0 saturated carbocycles. The van der Waals surface area contributed by atoms with Gasteiger partial charge in [-0.2, -0.15) is 0 Å². The smallest absolute Gasteiger partial charge is 0.164 e. The number of nitrogens with zero attached hydrogens (tertiary/aromatic N) is 4. The number of aromatic nitrogens is 4. The van der Waals surface area contributed by atoms with Gasteiger partial charge in [0.25, 0.3) is 0 Å². The highest BCUT2D eigenvalue weighted by Gasteiger charge is 2.18. The summed E-state index contributed by atoms with van der Waals surface area (Å²) in [4.78, 5) is 15.1. The Bertz CT molecular complexity index is 3020. The van der Waals surface area contributed by atoms with Gasteiger partial charge < -0.3 is 8.98 Å². The summed E-state index contributed by atoms with van der Waals surface area (Å²) in [6.45, 7) is 6.68. The number of fused-ring (bicyclic) bond motifs is 6. The zero-order valence-corrected chi connectivity index (χ0v) is 30.3. The zero-order valence-electron chi connectivity index (χ0n) is 30.3. The molecule has 0 aliphatic rings. The first-order valence-corrected chi connectivity index (χ1v) is 18.4. The Morgan fingerprint density at radius 1 is 0.407 bits per heavy atom. The number of hydrogen-bond donors (Lipinski definition) is 0. The van der Waals surface area contributed by atoms with Gasteiger partial charge in [0.15, 0.2) is 17.5 Å². The summed E-state index contributed by atoms with van der Waals surface area (Å²) in [5.41, 5.74) is 11.5. The minimum atomic E-state index is 0.0499. The van der Waals surface area contributed by atoms with Crippen molar-refractivity contribution in [3.05, 3.63) is 169 Å². The van der Waals surface area contributed by atoms with Crippen molar-refractivity contribution >= 4 is 43.7 Å². The Kier molecular flexibility index (Phi) is 7.31. The second-order valence-corrected chi connectivity index (χ2v) is 14.9. The van der Waals surface area contributed by atoms with Crippen LogP contribution in [0.25, 0.3) is 94.7 Å². The molecular weight excluding hydrogens is 661 g/mol. The third-order valence-electron chi connectivity index (χ3n) is 10.4. The van der Waals surface area contributed by atoms with E-state index in [1.165, 1.54) is 16.3 Å². The van der Waals surface area contributed by atoms with Crippen LogP contribution >= 0.6 is 0 Å². The van der Waals surface area contributed by atoms with Crippen LogP contribution < -0.4 is 0 Å². The normalized spacial score (nSPS) is 12.0. The molecule has 3 heterocycles. The molecule has 54 heavy (non-hydrogen) atoms. The second-order valence-electron chi connectivity index (χ2n) is 14.9. The molecule has 10 rings (SSSR count). The number of rotatable bonds is 5. The fourth-order valence-electron chi connectivity index (χ4n) is 7.59. The largest absolute Gasteiger partial charge is 0.456 e. The van der Waals surface area contributed by atoms with Gasteiger partial charge in [-0.25, -0.2) is 15.0 Å².